The fourth-order valence-electron chi connectivity index (χ4n) is 1.10. The van der Waals surface area contributed by atoms with Gasteiger partial charge in [-0.05, 0) is 12.1 Å². The predicted octanol–water partition coefficient (Wildman–Crippen LogP) is 0.00157. The molecule has 14 heavy (non-hydrogen) atoms. The number of benzene rings is 1. The number of aromatic nitrogens is 2. The lowest BCUT2D eigenvalue weighted by molar-refractivity contribution is -0.676. The standard InChI is InChI=1S/C9H9N3O2/c1-13-8-4-2-7(3-5-8)12-6-9(10)14-11-12/h2-6,10H,1H3. The Bertz CT molecular complexity index is 469. The summed E-state index contributed by atoms with van der Waals surface area (Å²) >= 11 is 0. The summed E-state index contributed by atoms with van der Waals surface area (Å²) in [7, 11) is 1.61. The Balaban J connectivity index is 2.38. The molecule has 0 saturated carbocycles. The molecule has 0 aliphatic rings. The predicted molar refractivity (Wildman–Crippen MR) is 46.0 cm³/mol. The Labute approximate surface area is 80.0 Å². The Kier molecular flexibility index (Phi) is 2.06. The van der Waals surface area contributed by atoms with E-state index in [2.05, 4.69) is 9.79 Å². The van der Waals surface area contributed by atoms with Crippen LogP contribution in [0.2, 0.25) is 0 Å². The second-order valence-electron chi connectivity index (χ2n) is 2.71. The van der Waals surface area contributed by atoms with Crippen molar-refractivity contribution in [1.82, 2.24) is 5.27 Å². The lowest BCUT2D eigenvalue weighted by atomic mass is 10.3. The van der Waals surface area contributed by atoms with Gasteiger partial charge in [0.15, 0.2) is 0 Å². The van der Waals surface area contributed by atoms with Gasteiger partial charge in [0.05, 0.1) is 7.11 Å². The average molecular weight is 191 g/mol. The molecule has 0 saturated heterocycles. The van der Waals surface area contributed by atoms with E-state index in [1.165, 1.54) is 10.9 Å². The van der Waals surface area contributed by atoms with Crippen LogP contribution in [0.4, 0.5) is 0 Å². The molecule has 72 valence electrons. The van der Waals surface area contributed by atoms with Crippen LogP contribution >= 0.6 is 0 Å². The van der Waals surface area contributed by atoms with Crippen LogP contribution in [0.1, 0.15) is 0 Å². The topological polar surface area (TPSA) is 64.2 Å². The molecule has 0 aliphatic carbocycles. The van der Waals surface area contributed by atoms with Gasteiger partial charge in [0.25, 0.3) is 5.55 Å². The lowest BCUT2D eigenvalue weighted by Crippen LogP contribution is -2.33. The molecule has 2 aromatic rings. The molecule has 5 heteroatoms. The fraction of sp³-hybridized carbons (Fsp3) is 0.111. The Hall–Kier alpha value is -2.04. The third-order valence-corrected chi connectivity index (χ3v) is 1.80. The molecule has 1 heterocycles. The number of nitrogens with zero attached hydrogens (tertiary/aromatic N) is 2. The quantitative estimate of drug-likeness (QED) is 0.679. The Morgan fingerprint density at radius 2 is 2.07 bits per heavy atom. The van der Waals surface area contributed by atoms with Crippen molar-refractivity contribution in [2.24, 2.45) is 0 Å². The van der Waals surface area contributed by atoms with Gasteiger partial charge in [-0.2, -0.15) is 0 Å². The normalized spacial score (nSPS) is 10.1. The van der Waals surface area contributed by atoms with Gasteiger partial charge >= 0.3 is 0 Å². The number of nitrogens with one attached hydrogen (secondary N) is 1. The van der Waals surface area contributed by atoms with E-state index < -0.39 is 0 Å². The van der Waals surface area contributed by atoms with Gasteiger partial charge in [0, 0.05) is 12.1 Å². The van der Waals surface area contributed by atoms with E-state index in [1.54, 1.807) is 7.11 Å². The SMILES string of the molecule is COc1ccc(-[n+]2cc(=N)o[n-]2)cc1. The van der Waals surface area contributed by atoms with Crippen molar-refractivity contribution in [1.29, 1.82) is 5.41 Å². The van der Waals surface area contributed by atoms with Crippen LogP contribution in [0.15, 0.2) is 35.0 Å². The molecule has 1 N–H and O–H groups in total. The summed E-state index contributed by atoms with van der Waals surface area (Å²) in [6, 6.07) is 7.31. The van der Waals surface area contributed by atoms with E-state index >= 15 is 0 Å². The summed E-state index contributed by atoms with van der Waals surface area (Å²) in [6.45, 7) is 0. The largest absolute Gasteiger partial charge is 0.497 e. The van der Waals surface area contributed by atoms with Crippen LogP contribution in [0.3, 0.4) is 0 Å². The summed E-state index contributed by atoms with van der Waals surface area (Å²) in [5.74, 6) is 0.781. The van der Waals surface area contributed by atoms with E-state index in [0.29, 0.717) is 0 Å². The highest BCUT2D eigenvalue weighted by Crippen LogP contribution is 2.10. The minimum atomic E-state index is 0.0285. The maximum atomic E-state index is 7.17. The Morgan fingerprint density at radius 3 is 2.57 bits per heavy atom. The van der Waals surface area contributed by atoms with Gasteiger partial charge in [0.2, 0.25) is 11.9 Å². The Morgan fingerprint density at radius 1 is 1.36 bits per heavy atom. The number of ether oxygens (including phenoxy) is 1. The number of hydrogen-bond donors (Lipinski definition) is 1. The van der Waals surface area contributed by atoms with E-state index in [1.807, 2.05) is 24.3 Å². The number of hydrogen-bond acceptors (Lipinski definition) is 3. The number of rotatable bonds is 2. The van der Waals surface area contributed by atoms with Gasteiger partial charge in [-0.15, -0.1) is 0 Å². The molecule has 0 fully saturated rings. The molecule has 0 aliphatic heterocycles. The van der Waals surface area contributed by atoms with E-state index in [9.17, 15) is 0 Å². The van der Waals surface area contributed by atoms with Crippen molar-refractivity contribution < 1.29 is 13.9 Å². The van der Waals surface area contributed by atoms with Crippen LogP contribution in [0, 0.1) is 5.41 Å². The summed E-state index contributed by atoms with van der Waals surface area (Å²) in [6.07, 6.45) is 1.49. The molecule has 5 nitrogen and oxygen atoms in total. The molecule has 0 amide bonds. The molecular weight excluding hydrogens is 182 g/mol. The lowest BCUT2D eigenvalue weighted by Gasteiger charge is -1.99. The first-order valence-electron chi connectivity index (χ1n) is 4.04. The molecule has 2 rings (SSSR count). The van der Waals surface area contributed by atoms with Crippen molar-refractivity contribution >= 4 is 0 Å². The summed E-state index contributed by atoms with van der Waals surface area (Å²) < 4.78 is 11.1. The van der Waals surface area contributed by atoms with Crippen molar-refractivity contribution in [2.45, 2.75) is 0 Å². The van der Waals surface area contributed by atoms with Crippen molar-refractivity contribution in [3.05, 3.63) is 36.0 Å². The van der Waals surface area contributed by atoms with Crippen molar-refractivity contribution in [3.8, 4) is 11.4 Å². The highest BCUT2D eigenvalue weighted by Gasteiger charge is 2.01. The summed E-state index contributed by atoms with van der Waals surface area (Å²) in [5, 5.41) is 10.8. The zero-order chi connectivity index (χ0) is 9.97. The zero-order valence-electron chi connectivity index (χ0n) is 7.60. The number of methoxy groups -OCH3 is 1. The highest BCUT2D eigenvalue weighted by molar-refractivity contribution is 5.30. The van der Waals surface area contributed by atoms with Gasteiger partial charge in [-0.3, -0.25) is 10.7 Å². The third kappa shape index (κ3) is 1.52. The van der Waals surface area contributed by atoms with Crippen molar-refractivity contribution in [3.63, 3.8) is 0 Å². The fourth-order valence-corrected chi connectivity index (χ4v) is 1.10. The molecular formula is C9H9N3O2. The van der Waals surface area contributed by atoms with Crippen LogP contribution in [0.5, 0.6) is 5.75 Å². The summed E-state index contributed by atoms with van der Waals surface area (Å²) in [5.41, 5.74) is 0.855. The highest BCUT2D eigenvalue weighted by atomic mass is 16.5. The average Bonchev–Trinajstić information content (AvgIpc) is 2.65. The van der Waals surface area contributed by atoms with Gasteiger partial charge in [-0.25, -0.2) is 4.68 Å². The maximum Gasteiger partial charge on any atom is 0.265 e. The monoisotopic (exact) mass is 191 g/mol. The van der Waals surface area contributed by atoms with Gasteiger partial charge in [0.1, 0.15) is 5.75 Å². The molecule has 0 unspecified atom stereocenters. The van der Waals surface area contributed by atoms with Crippen LogP contribution in [-0.2, 0) is 0 Å². The first kappa shape index (κ1) is 8.55. The first-order chi connectivity index (χ1) is 6.79. The van der Waals surface area contributed by atoms with E-state index in [-0.39, 0.29) is 5.55 Å². The first-order valence-corrected chi connectivity index (χ1v) is 4.04. The van der Waals surface area contributed by atoms with Crippen LogP contribution in [0.25, 0.3) is 5.69 Å². The minimum Gasteiger partial charge on any atom is -0.497 e. The minimum absolute atomic E-state index is 0.0285. The summed E-state index contributed by atoms with van der Waals surface area (Å²) in [4.78, 5) is 0. The molecule has 1 aromatic carbocycles. The van der Waals surface area contributed by atoms with E-state index in [4.69, 9.17) is 10.1 Å². The molecule has 0 atom stereocenters. The molecule has 0 spiro atoms. The van der Waals surface area contributed by atoms with Crippen LogP contribution < -0.4 is 20.2 Å². The van der Waals surface area contributed by atoms with Gasteiger partial charge < -0.3 is 9.26 Å². The van der Waals surface area contributed by atoms with Gasteiger partial charge in [-0.1, -0.05) is 0 Å². The zero-order valence-corrected chi connectivity index (χ0v) is 7.60. The molecule has 0 bridgehead atoms. The second kappa shape index (κ2) is 3.37. The third-order valence-electron chi connectivity index (χ3n) is 1.80. The van der Waals surface area contributed by atoms with Crippen LogP contribution in [-0.4, -0.2) is 7.11 Å². The smallest absolute Gasteiger partial charge is 0.265 e. The van der Waals surface area contributed by atoms with E-state index in [0.717, 1.165) is 11.4 Å². The molecule has 1 aromatic heterocycles. The maximum absolute atomic E-state index is 7.17. The second-order valence-corrected chi connectivity index (χ2v) is 2.71. The molecule has 0 radical (unpaired) electrons. The van der Waals surface area contributed by atoms with Crippen molar-refractivity contribution in [2.75, 3.05) is 7.11 Å².